The highest BCUT2D eigenvalue weighted by molar-refractivity contribution is 9.10. The Hall–Kier alpha value is -9.23. The summed E-state index contributed by atoms with van der Waals surface area (Å²) in [7, 11) is -5.93. The lowest BCUT2D eigenvalue weighted by Crippen LogP contribution is -2.43. The first-order chi connectivity index (χ1) is 39.0. The number of amides is 1. The number of fused-ring (bicyclic) bond motifs is 1. The number of carboxylic acids is 1. The van der Waals surface area contributed by atoms with Crippen molar-refractivity contribution in [3.05, 3.63) is 197 Å². The minimum atomic E-state index is -4.25. The molecule has 0 aliphatic carbocycles. The molecule has 2 heterocycles. The van der Waals surface area contributed by atoms with Crippen LogP contribution in [0.2, 0.25) is 0 Å². The van der Waals surface area contributed by atoms with E-state index in [0.717, 1.165) is 22.4 Å². The molecule has 9 aromatic rings. The smallest absolute Gasteiger partial charge is 0.496 e. The zero-order chi connectivity index (χ0) is 59.5. The summed E-state index contributed by atoms with van der Waals surface area (Å²) < 4.78 is 130. The van der Waals surface area contributed by atoms with Gasteiger partial charge in [0.25, 0.3) is 26.0 Å². The van der Waals surface area contributed by atoms with Crippen molar-refractivity contribution in [1.82, 2.24) is 34.8 Å². The van der Waals surface area contributed by atoms with Crippen LogP contribution < -0.4 is 29.7 Å². The number of carbonyl (C=O) groups is 3. The first-order valence-electron chi connectivity index (χ1n) is 23.3. The van der Waals surface area contributed by atoms with Crippen molar-refractivity contribution in [1.29, 1.82) is 0 Å². The molecule has 82 heavy (non-hydrogen) atoms. The normalized spacial score (nSPS) is 11.4. The number of anilines is 2. The van der Waals surface area contributed by atoms with Crippen LogP contribution in [-0.2, 0) is 36.0 Å². The third-order valence-corrected chi connectivity index (χ3v) is 15.1. The maximum absolute atomic E-state index is 15.1. The van der Waals surface area contributed by atoms with Gasteiger partial charge in [-0.15, -0.1) is 0 Å². The minimum absolute atomic E-state index is 0.0248. The summed E-state index contributed by atoms with van der Waals surface area (Å²) >= 11 is 3.48. The van der Waals surface area contributed by atoms with Gasteiger partial charge in [0.05, 0.1) is 59.3 Å². The van der Waals surface area contributed by atoms with E-state index < -0.39 is 96.8 Å². The number of nitrogens with one attached hydrogen (secondary N) is 3. The molecule has 6 N–H and O–H groups in total. The fraction of sp³-hybridized carbons (Fsp3) is 0.0962. The lowest BCUT2D eigenvalue weighted by molar-refractivity contribution is -0.142. The first kappa shape index (κ1) is 60.4. The summed E-state index contributed by atoms with van der Waals surface area (Å²) in [4.78, 5) is 43.6. The van der Waals surface area contributed by atoms with Gasteiger partial charge in [-0.25, -0.2) is 63.3 Å². The van der Waals surface area contributed by atoms with E-state index in [-0.39, 0.29) is 21.7 Å². The summed E-state index contributed by atoms with van der Waals surface area (Å²) in [5.41, 5.74) is -1.00. The average molecular weight is 1230 g/mol. The Morgan fingerprint density at radius 3 is 1.49 bits per heavy atom. The number of carbonyl (C=O) groups excluding carboxylic acids is 2. The van der Waals surface area contributed by atoms with Crippen molar-refractivity contribution in [3.8, 4) is 22.9 Å². The van der Waals surface area contributed by atoms with E-state index >= 15 is 8.78 Å². The summed E-state index contributed by atoms with van der Waals surface area (Å²) in [6.07, 6.45) is 5.47. The second-order valence-electron chi connectivity index (χ2n) is 16.8. The Balaban J connectivity index is 0.000000208. The maximum atomic E-state index is 15.1. The quantitative estimate of drug-likeness (QED) is 0.0336. The van der Waals surface area contributed by atoms with Crippen LogP contribution in [0.25, 0.3) is 22.1 Å². The minimum Gasteiger partial charge on any atom is -0.497 e. The van der Waals surface area contributed by atoms with E-state index in [0.29, 0.717) is 52.7 Å². The Kier molecular flexibility index (Phi) is 19.4. The summed E-state index contributed by atoms with van der Waals surface area (Å²) in [6.45, 7) is 0. The molecule has 9 rings (SSSR count). The number of hydrogen-bond donors (Lipinski definition) is 6. The molecular formula is C52H43BBrF4N9O13S2. The molecule has 1 atom stereocenters. The number of nitrogens with zero attached hydrogens (tertiary/aromatic N) is 6. The Morgan fingerprint density at radius 1 is 0.634 bits per heavy atom. The van der Waals surface area contributed by atoms with Gasteiger partial charge < -0.3 is 34.7 Å². The van der Waals surface area contributed by atoms with Gasteiger partial charge in [0.2, 0.25) is 0 Å². The molecule has 22 nitrogen and oxygen atoms in total. The lowest BCUT2D eigenvalue weighted by Gasteiger charge is -2.19. The van der Waals surface area contributed by atoms with Gasteiger partial charge in [-0.05, 0) is 107 Å². The molecular weight excluding hydrogens is 1190 g/mol. The van der Waals surface area contributed by atoms with Crippen molar-refractivity contribution in [2.24, 2.45) is 0 Å². The highest BCUT2D eigenvalue weighted by atomic mass is 79.9. The van der Waals surface area contributed by atoms with E-state index in [1.165, 1.54) is 97.4 Å². The number of carboxylic acid groups (broad SMARTS) is 1. The molecule has 0 bridgehead atoms. The molecule has 0 fully saturated rings. The highest BCUT2D eigenvalue weighted by Gasteiger charge is 2.29. The van der Waals surface area contributed by atoms with Crippen LogP contribution in [-0.4, -0.2) is 114 Å². The van der Waals surface area contributed by atoms with E-state index in [4.69, 9.17) is 29.4 Å². The molecule has 1 amide bonds. The van der Waals surface area contributed by atoms with Crippen molar-refractivity contribution >= 4 is 88.6 Å². The van der Waals surface area contributed by atoms with Gasteiger partial charge >= 0.3 is 19.1 Å². The van der Waals surface area contributed by atoms with Crippen LogP contribution in [0.5, 0.6) is 11.5 Å². The molecule has 2 aromatic heterocycles. The molecule has 0 aliphatic heterocycles. The van der Waals surface area contributed by atoms with Gasteiger partial charge in [-0.1, -0.05) is 52.3 Å². The van der Waals surface area contributed by atoms with Crippen molar-refractivity contribution in [3.63, 3.8) is 0 Å². The highest BCUT2D eigenvalue weighted by Crippen LogP contribution is 2.29. The monoisotopic (exact) mass is 1230 g/mol. The van der Waals surface area contributed by atoms with Crippen molar-refractivity contribution < 1.29 is 78.1 Å². The molecule has 0 unspecified atom stereocenters. The fourth-order valence-electron chi connectivity index (χ4n) is 7.78. The topological polar surface area (TPSA) is 305 Å². The molecule has 0 spiro atoms. The van der Waals surface area contributed by atoms with Gasteiger partial charge in [-0.3, -0.25) is 14.2 Å². The summed E-state index contributed by atoms with van der Waals surface area (Å²) in [6, 6.07) is 28.2. The number of methoxy groups -OCH3 is 3. The van der Waals surface area contributed by atoms with E-state index in [1.807, 2.05) is 29.0 Å². The van der Waals surface area contributed by atoms with Gasteiger partial charge in [0.15, 0.2) is 0 Å². The van der Waals surface area contributed by atoms with E-state index in [1.54, 1.807) is 30.3 Å². The van der Waals surface area contributed by atoms with Crippen molar-refractivity contribution in [2.45, 2.75) is 22.3 Å². The van der Waals surface area contributed by atoms with E-state index in [2.05, 4.69) is 46.1 Å². The number of ether oxygens (including phenoxy) is 3. The third-order valence-electron chi connectivity index (χ3n) is 11.6. The molecule has 424 valence electrons. The maximum Gasteiger partial charge on any atom is 0.496 e. The molecule has 7 aromatic carbocycles. The van der Waals surface area contributed by atoms with E-state index in [9.17, 15) is 40.0 Å². The SMILES string of the molecule is COC(=O)[C@H](Cc1ccc(Br)c2ccccc12)NC(=O)c1c(F)cc(NS(=O)(=O)c2ccc(-n3cncn3)cc2)cc1F.COc1cccc(OC)c1B(O)O.O=C(O)c1c(F)cc(NS(=O)(=O)c2ccc(-n3cncn3)cc2)cc1F. The Labute approximate surface area is 472 Å². The second kappa shape index (κ2) is 26.4. The zero-order valence-corrected chi connectivity index (χ0v) is 45.8. The molecule has 0 saturated carbocycles. The average Bonchev–Trinajstić information content (AvgIpc) is 4.33. The lowest BCUT2D eigenvalue weighted by atomic mass is 9.78. The number of hydrogen-bond acceptors (Lipinski definition) is 16. The summed E-state index contributed by atoms with van der Waals surface area (Å²) in [5.74, 6) is -8.50. The number of halogens is 5. The number of aromatic nitrogens is 6. The molecule has 30 heteroatoms. The van der Waals surface area contributed by atoms with Gasteiger partial charge in [-0.2, -0.15) is 10.2 Å². The largest absolute Gasteiger partial charge is 0.497 e. The number of esters is 1. The number of benzene rings is 7. The Morgan fingerprint density at radius 2 is 1.09 bits per heavy atom. The van der Waals surface area contributed by atoms with Crippen LogP contribution in [0.4, 0.5) is 28.9 Å². The predicted octanol–water partition coefficient (Wildman–Crippen LogP) is 6.20. The van der Waals surface area contributed by atoms with Crippen LogP contribution >= 0.6 is 15.9 Å². The third kappa shape index (κ3) is 14.4. The standard InChI is InChI=1S/C29H22BrF2N5O5S.C15H10F2N4O4S.C8H11BO4/c1-42-29(39)26(12-17-6-11-23(30)22-5-3-2-4-21(17)22)35-28(38)27-24(31)13-18(14-25(27)32)36-43(40,41)20-9-7-19(8-10-20)37-16-33-15-34-37;16-12-5-9(6-13(17)14(12)15(22)23)20-26(24,25)11-3-1-10(2-4-11)21-8-18-7-19-21;1-12-6-4-3-5-7(13-2)8(6)9(10)11/h2-11,13-16,26,36H,12H2,1H3,(H,35,38);1-8,20H,(H,22,23);3-5,10-11H,1-2H3/t26-;;/m0../s1. The second-order valence-corrected chi connectivity index (χ2v) is 21.0. The first-order valence-corrected chi connectivity index (χ1v) is 27.1. The predicted molar refractivity (Wildman–Crippen MR) is 292 cm³/mol. The van der Waals surface area contributed by atoms with Gasteiger partial charge in [0, 0.05) is 10.9 Å². The molecule has 0 radical (unpaired) electrons. The zero-order valence-electron chi connectivity index (χ0n) is 42.6. The summed E-state index contributed by atoms with van der Waals surface area (Å²) in [5, 5.41) is 38.7. The van der Waals surface area contributed by atoms with Crippen LogP contribution in [0.15, 0.2) is 167 Å². The fourth-order valence-corrected chi connectivity index (χ4v) is 10.3. The van der Waals surface area contributed by atoms with Crippen LogP contribution in [0.1, 0.15) is 26.3 Å². The molecule has 0 saturated heterocycles. The number of rotatable bonds is 17. The van der Waals surface area contributed by atoms with Crippen LogP contribution in [0, 0.1) is 23.3 Å². The van der Waals surface area contributed by atoms with Crippen molar-refractivity contribution in [2.75, 3.05) is 30.8 Å². The van der Waals surface area contributed by atoms with Gasteiger partial charge in [0.1, 0.15) is 77.2 Å². The molecule has 0 aliphatic rings. The number of aromatic carboxylic acids is 1. The number of sulfonamides is 2. The van der Waals surface area contributed by atoms with Crippen LogP contribution in [0.3, 0.4) is 0 Å². The Bertz CT molecular complexity index is 3940.